The number of nitrogens with two attached hydrogens (primary N) is 1. The fraction of sp³-hybridized carbons (Fsp3) is 0.929. The first-order valence-corrected chi connectivity index (χ1v) is 7.37. The van der Waals surface area contributed by atoms with E-state index in [1.807, 2.05) is 0 Å². The average molecular weight is 253 g/mol. The summed E-state index contributed by atoms with van der Waals surface area (Å²) in [5, 5.41) is 0. The number of carbonyl (C=O) groups excluding carboxylic acids is 1. The van der Waals surface area contributed by atoms with E-state index in [2.05, 4.69) is 23.8 Å². The van der Waals surface area contributed by atoms with Crippen LogP contribution in [0.1, 0.15) is 45.4 Å². The van der Waals surface area contributed by atoms with Crippen LogP contribution in [0.5, 0.6) is 0 Å². The molecule has 4 heteroatoms. The minimum Gasteiger partial charge on any atom is -0.336 e. The number of nitrogens with zero attached hydrogens (tertiary/aromatic N) is 2. The normalized spacial score (nSPS) is 31.9. The molecule has 4 nitrogen and oxygen atoms in total. The first kappa shape index (κ1) is 13.8. The van der Waals surface area contributed by atoms with E-state index in [-0.39, 0.29) is 6.04 Å². The van der Waals surface area contributed by atoms with Crippen molar-refractivity contribution in [3.8, 4) is 0 Å². The maximum Gasteiger partial charge on any atom is 0.240 e. The molecule has 0 spiro atoms. The highest BCUT2D eigenvalue weighted by Gasteiger charge is 2.37. The lowest BCUT2D eigenvalue weighted by molar-refractivity contribution is -0.139. The Morgan fingerprint density at radius 3 is 2.56 bits per heavy atom. The Morgan fingerprint density at radius 2 is 1.94 bits per heavy atom. The monoisotopic (exact) mass is 253 g/mol. The molecule has 0 aromatic rings. The van der Waals surface area contributed by atoms with Crippen LogP contribution in [-0.2, 0) is 4.79 Å². The fourth-order valence-electron chi connectivity index (χ4n) is 3.49. The van der Waals surface area contributed by atoms with E-state index >= 15 is 0 Å². The summed E-state index contributed by atoms with van der Waals surface area (Å²) in [4.78, 5) is 17.2. The molecule has 2 atom stereocenters. The SMILES string of the molecule is CC1CCN(C)C(CCN)C(=O)N1C1CCCC1. The van der Waals surface area contributed by atoms with E-state index in [9.17, 15) is 4.79 Å². The van der Waals surface area contributed by atoms with Crippen LogP contribution in [0.3, 0.4) is 0 Å². The molecule has 104 valence electrons. The van der Waals surface area contributed by atoms with Gasteiger partial charge in [-0.25, -0.2) is 0 Å². The summed E-state index contributed by atoms with van der Waals surface area (Å²) in [6.07, 6.45) is 6.80. The third-order valence-corrected chi connectivity index (χ3v) is 4.60. The summed E-state index contributed by atoms with van der Waals surface area (Å²) >= 11 is 0. The lowest BCUT2D eigenvalue weighted by atomic mass is 10.1. The van der Waals surface area contributed by atoms with Gasteiger partial charge in [-0.2, -0.15) is 0 Å². The molecule has 1 aliphatic heterocycles. The molecule has 1 amide bonds. The highest BCUT2D eigenvalue weighted by molar-refractivity contribution is 5.82. The molecule has 2 N–H and O–H groups in total. The summed E-state index contributed by atoms with van der Waals surface area (Å²) in [5.41, 5.74) is 5.67. The first-order valence-electron chi connectivity index (χ1n) is 7.37. The molecular weight excluding hydrogens is 226 g/mol. The predicted octanol–water partition coefficient (Wildman–Crippen LogP) is 1.20. The Labute approximate surface area is 110 Å². The second-order valence-electron chi connectivity index (χ2n) is 5.90. The van der Waals surface area contributed by atoms with Gasteiger partial charge in [-0.15, -0.1) is 0 Å². The Morgan fingerprint density at radius 1 is 1.28 bits per heavy atom. The lowest BCUT2D eigenvalue weighted by Crippen LogP contribution is -2.50. The topological polar surface area (TPSA) is 49.6 Å². The van der Waals surface area contributed by atoms with Gasteiger partial charge in [0.05, 0.1) is 6.04 Å². The number of carbonyl (C=O) groups is 1. The second-order valence-corrected chi connectivity index (χ2v) is 5.90. The minimum atomic E-state index is 0.000509. The first-order chi connectivity index (χ1) is 8.65. The molecule has 2 aliphatic rings. The van der Waals surface area contributed by atoms with Gasteiger partial charge >= 0.3 is 0 Å². The smallest absolute Gasteiger partial charge is 0.240 e. The van der Waals surface area contributed by atoms with Gasteiger partial charge in [0, 0.05) is 18.6 Å². The van der Waals surface area contributed by atoms with Crippen molar-refractivity contribution in [3.63, 3.8) is 0 Å². The number of hydrogen-bond acceptors (Lipinski definition) is 3. The zero-order valence-corrected chi connectivity index (χ0v) is 11.8. The third-order valence-electron chi connectivity index (χ3n) is 4.60. The van der Waals surface area contributed by atoms with Crippen LogP contribution in [0.25, 0.3) is 0 Å². The molecule has 2 rings (SSSR count). The molecular formula is C14H27N3O. The van der Waals surface area contributed by atoms with Gasteiger partial charge < -0.3 is 10.6 Å². The van der Waals surface area contributed by atoms with Crippen molar-refractivity contribution in [2.75, 3.05) is 20.1 Å². The van der Waals surface area contributed by atoms with Gasteiger partial charge in [0.2, 0.25) is 5.91 Å². The molecule has 1 saturated heterocycles. The second kappa shape index (κ2) is 6.02. The molecule has 1 heterocycles. The van der Waals surface area contributed by atoms with E-state index < -0.39 is 0 Å². The highest BCUT2D eigenvalue weighted by atomic mass is 16.2. The zero-order chi connectivity index (χ0) is 13.1. The van der Waals surface area contributed by atoms with Gasteiger partial charge in [-0.3, -0.25) is 9.69 Å². The van der Waals surface area contributed by atoms with Crippen LogP contribution >= 0.6 is 0 Å². The molecule has 0 radical (unpaired) electrons. The number of likely N-dealkylation sites (N-methyl/N-ethyl adjacent to an activating group) is 1. The Balaban J connectivity index is 2.16. The van der Waals surface area contributed by atoms with Crippen molar-refractivity contribution in [1.82, 2.24) is 9.80 Å². The highest BCUT2D eigenvalue weighted by Crippen LogP contribution is 2.29. The Hall–Kier alpha value is -0.610. The molecule has 2 fully saturated rings. The van der Waals surface area contributed by atoms with Gasteiger partial charge in [-0.05, 0) is 46.2 Å². The van der Waals surface area contributed by atoms with Crippen LogP contribution < -0.4 is 5.73 Å². The summed E-state index contributed by atoms with van der Waals surface area (Å²) < 4.78 is 0. The maximum absolute atomic E-state index is 12.8. The molecule has 1 saturated carbocycles. The number of amides is 1. The van der Waals surface area contributed by atoms with E-state index in [0.29, 0.717) is 24.5 Å². The largest absolute Gasteiger partial charge is 0.336 e. The van der Waals surface area contributed by atoms with Crippen molar-refractivity contribution < 1.29 is 4.79 Å². The van der Waals surface area contributed by atoms with Gasteiger partial charge in [0.15, 0.2) is 0 Å². The van der Waals surface area contributed by atoms with Crippen molar-refractivity contribution in [2.24, 2.45) is 5.73 Å². The zero-order valence-electron chi connectivity index (χ0n) is 11.8. The van der Waals surface area contributed by atoms with Crippen LogP contribution in [0.15, 0.2) is 0 Å². The molecule has 2 unspecified atom stereocenters. The maximum atomic E-state index is 12.8. The van der Waals surface area contributed by atoms with Crippen LogP contribution in [-0.4, -0.2) is 54.0 Å². The van der Waals surface area contributed by atoms with Gasteiger partial charge in [0.25, 0.3) is 0 Å². The summed E-state index contributed by atoms with van der Waals surface area (Å²) in [6.45, 7) is 3.79. The van der Waals surface area contributed by atoms with E-state index in [1.165, 1.54) is 25.7 Å². The molecule has 0 aromatic heterocycles. The average Bonchev–Trinajstić information content (AvgIpc) is 2.83. The predicted molar refractivity (Wildman–Crippen MR) is 73.3 cm³/mol. The summed E-state index contributed by atoms with van der Waals surface area (Å²) in [6, 6.07) is 0.866. The molecule has 0 bridgehead atoms. The van der Waals surface area contributed by atoms with Crippen molar-refractivity contribution in [2.45, 2.75) is 63.6 Å². The Bertz CT molecular complexity index is 289. The van der Waals surface area contributed by atoms with E-state index in [4.69, 9.17) is 5.73 Å². The van der Waals surface area contributed by atoms with Crippen molar-refractivity contribution in [3.05, 3.63) is 0 Å². The Kier molecular flexibility index (Phi) is 4.62. The fourth-order valence-corrected chi connectivity index (χ4v) is 3.49. The summed E-state index contributed by atoms with van der Waals surface area (Å²) in [7, 11) is 2.06. The van der Waals surface area contributed by atoms with Crippen molar-refractivity contribution in [1.29, 1.82) is 0 Å². The third kappa shape index (κ3) is 2.69. The van der Waals surface area contributed by atoms with Gasteiger partial charge in [0.1, 0.15) is 0 Å². The minimum absolute atomic E-state index is 0.000509. The quantitative estimate of drug-likeness (QED) is 0.822. The van der Waals surface area contributed by atoms with Crippen molar-refractivity contribution >= 4 is 5.91 Å². The van der Waals surface area contributed by atoms with E-state index in [1.54, 1.807) is 0 Å². The lowest BCUT2D eigenvalue weighted by Gasteiger charge is -2.35. The molecule has 18 heavy (non-hydrogen) atoms. The molecule has 1 aliphatic carbocycles. The molecule has 0 aromatic carbocycles. The van der Waals surface area contributed by atoms with Crippen LogP contribution in [0.4, 0.5) is 0 Å². The number of rotatable bonds is 3. The number of hydrogen-bond donors (Lipinski definition) is 1. The van der Waals surface area contributed by atoms with Crippen LogP contribution in [0, 0.1) is 0 Å². The summed E-state index contributed by atoms with van der Waals surface area (Å²) in [5.74, 6) is 0.319. The standard InChI is InChI=1S/C14H27N3O/c1-11-8-10-16(2)13(7-9-15)14(18)17(11)12-5-3-4-6-12/h11-13H,3-10,15H2,1-2H3. The van der Waals surface area contributed by atoms with Gasteiger partial charge in [-0.1, -0.05) is 12.8 Å². The van der Waals surface area contributed by atoms with E-state index in [0.717, 1.165) is 19.4 Å². The van der Waals surface area contributed by atoms with Crippen LogP contribution in [0.2, 0.25) is 0 Å².